The third-order valence-corrected chi connectivity index (χ3v) is 6.02. The molecule has 1 aromatic rings. The van der Waals surface area contributed by atoms with Crippen molar-refractivity contribution in [2.45, 2.75) is 37.1 Å². The molecule has 1 aromatic carbocycles. The van der Waals surface area contributed by atoms with Crippen LogP contribution >= 0.6 is 11.6 Å². The van der Waals surface area contributed by atoms with E-state index in [1.165, 1.54) is 17.4 Å². The van der Waals surface area contributed by atoms with Gasteiger partial charge in [-0.15, -0.1) is 0 Å². The summed E-state index contributed by atoms with van der Waals surface area (Å²) < 4.78 is 40.6. The predicted molar refractivity (Wildman–Crippen MR) is 81.1 cm³/mol. The van der Waals surface area contributed by atoms with Crippen LogP contribution in [0.4, 0.5) is 4.39 Å². The lowest BCUT2D eigenvalue weighted by Gasteiger charge is -2.21. The van der Waals surface area contributed by atoms with Gasteiger partial charge in [0.25, 0.3) is 0 Å². The molecule has 0 radical (unpaired) electrons. The Morgan fingerprint density at radius 1 is 1.38 bits per heavy atom. The van der Waals surface area contributed by atoms with Gasteiger partial charge < -0.3 is 5.73 Å². The van der Waals surface area contributed by atoms with Gasteiger partial charge in [0.1, 0.15) is 10.7 Å². The summed E-state index contributed by atoms with van der Waals surface area (Å²) in [5.41, 5.74) is 5.54. The van der Waals surface area contributed by atoms with Crippen LogP contribution in [0.1, 0.15) is 31.2 Å². The van der Waals surface area contributed by atoms with Crippen LogP contribution < -0.4 is 5.73 Å². The fraction of sp³-hybridized carbons (Fsp3) is 0.571. The molecule has 0 aliphatic heterocycles. The monoisotopic (exact) mass is 334 g/mol. The molecule has 21 heavy (non-hydrogen) atoms. The van der Waals surface area contributed by atoms with Crippen molar-refractivity contribution in [2.75, 3.05) is 13.6 Å². The number of nitrogens with two attached hydrogens (primary N) is 1. The van der Waals surface area contributed by atoms with Crippen molar-refractivity contribution in [1.82, 2.24) is 4.31 Å². The zero-order valence-corrected chi connectivity index (χ0v) is 13.6. The number of hydrogen-bond donors (Lipinski definition) is 1. The lowest BCUT2D eigenvalue weighted by Crippen LogP contribution is -2.32. The van der Waals surface area contributed by atoms with Gasteiger partial charge in [0, 0.05) is 30.7 Å². The van der Waals surface area contributed by atoms with E-state index in [1.54, 1.807) is 0 Å². The number of nitrogens with zero attached hydrogens (tertiary/aromatic N) is 1. The maximum Gasteiger partial charge on any atom is 0.245 e. The van der Waals surface area contributed by atoms with Crippen molar-refractivity contribution in [3.05, 3.63) is 28.5 Å². The standard InChI is InChI=1S/C14H20ClFN2O2S/c1-18(9-10-4-2-3-5-10)21(19,20)13-7-12(15)6-11(8-17)14(13)16/h6-7,10H,2-5,8-9,17H2,1H3. The summed E-state index contributed by atoms with van der Waals surface area (Å²) in [5, 5.41) is 0.171. The van der Waals surface area contributed by atoms with E-state index in [0.717, 1.165) is 31.7 Å². The molecule has 0 saturated heterocycles. The van der Waals surface area contributed by atoms with E-state index in [0.29, 0.717) is 12.5 Å². The summed E-state index contributed by atoms with van der Waals surface area (Å²) in [6.45, 7) is 0.313. The molecule has 1 saturated carbocycles. The minimum absolute atomic E-state index is 0.0960. The molecule has 0 aromatic heterocycles. The van der Waals surface area contributed by atoms with Crippen molar-refractivity contribution >= 4 is 21.6 Å². The average molecular weight is 335 g/mol. The molecule has 1 fully saturated rings. The van der Waals surface area contributed by atoms with E-state index >= 15 is 0 Å². The number of benzene rings is 1. The Labute approximate surface area is 130 Å². The normalized spacial score (nSPS) is 16.8. The number of rotatable bonds is 5. The van der Waals surface area contributed by atoms with Crippen LogP contribution in [0.15, 0.2) is 17.0 Å². The maximum absolute atomic E-state index is 14.3. The van der Waals surface area contributed by atoms with E-state index in [1.807, 2.05) is 0 Å². The minimum atomic E-state index is -3.89. The lowest BCUT2D eigenvalue weighted by molar-refractivity contribution is 0.385. The van der Waals surface area contributed by atoms with E-state index in [2.05, 4.69) is 0 Å². The van der Waals surface area contributed by atoms with E-state index < -0.39 is 20.7 Å². The van der Waals surface area contributed by atoms with Gasteiger partial charge in [-0.3, -0.25) is 0 Å². The molecule has 0 heterocycles. The second-order valence-electron chi connectivity index (χ2n) is 5.52. The van der Waals surface area contributed by atoms with E-state index in [9.17, 15) is 12.8 Å². The Morgan fingerprint density at radius 3 is 2.57 bits per heavy atom. The number of halogens is 2. The fourth-order valence-electron chi connectivity index (χ4n) is 2.78. The van der Waals surface area contributed by atoms with Gasteiger partial charge in [0.05, 0.1) is 0 Å². The smallest absolute Gasteiger partial charge is 0.245 e. The number of sulfonamides is 1. The molecule has 0 unspecified atom stereocenters. The van der Waals surface area contributed by atoms with Gasteiger partial charge in [0.15, 0.2) is 0 Å². The van der Waals surface area contributed by atoms with Crippen molar-refractivity contribution in [3.8, 4) is 0 Å². The summed E-state index contributed by atoms with van der Waals surface area (Å²) in [6, 6.07) is 2.50. The zero-order valence-electron chi connectivity index (χ0n) is 12.0. The highest BCUT2D eigenvalue weighted by Gasteiger charge is 2.29. The fourth-order valence-corrected chi connectivity index (χ4v) is 4.46. The van der Waals surface area contributed by atoms with Crippen LogP contribution in [0, 0.1) is 11.7 Å². The second kappa shape index (κ2) is 6.60. The molecule has 118 valence electrons. The number of hydrogen-bond acceptors (Lipinski definition) is 3. The topological polar surface area (TPSA) is 63.4 Å². The molecule has 2 rings (SSSR count). The highest BCUT2D eigenvalue weighted by molar-refractivity contribution is 7.89. The average Bonchev–Trinajstić information content (AvgIpc) is 2.93. The Morgan fingerprint density at radius 2 is 2.00 bits per heavy atom. The molecule has 0 amide bonds. The predicted octanol–water partition coefficient (Wildman–Crippen LogP) is 2.75. The van der Waals surface area contributed by atoms with Crippen LogP contribution in [-0.2, 0) is 16.6 Å². The van der Waals surface area contributed by atoms with E-state index in [4.69, 9.17) is 17.3 Å². The van der Waals surface area contributed by atoms with Gasteiger partial charge >= 0.3 is 0 Å². The first-order valence-corrected chi connectivity index (χ1v) is 8.82. The third kappa shape index (κ3) is 3.56. The molecule has 2 N–H and O–H groups in total. The minimum Gasteiger partial charge on any atom is -0.326 e. The largest absolute Gasteiger partial charge is 0.326 e. The van der Waals surface area contributed by atoms with Gasteiger partial charge in [0.2, 0.25) is 10.0 Å². The first-order valence-electron chi connectivity index (χ1n) is 7.00. The Kier molecular flexibility index (Phi) is 5.24. The van der Waals surface area contributed by atoms with Crippen molar-refractivity contribution in [2.24, 2.45) is 11.7 Å². The summed E-state index contributed by atoms with van der Waals surface area (Å²) >= 11 is 5.88. The van der Waals surface area contributed by atoms with Crippen molar-refractivity contribution < 1.29 is 12.8 Å². The molecule has 1 aliphatic carbocycles. The van der Waals surface area contributed by atoms with Gasteiger partial charge in [-0.1, -0.05) is 24.4 Å². The van der Waals surface area contributed by atoms with Gasteiger partial charge in [-0.05, 0) is 30.9 Å². The summed E-state index contributed by atoms with van der Waals surface area (Å²) in [7, 11) is -2.41. The van der Waals surface area contributed by atoms with Gasteiger partial charge in [-0.25, -0.2) is 17.1 Å². The third-order valence-electron chi connectivity index (χ3n) is 3.98. The highest BCUT2D eigenvalue weighted by atomic mass is 35.5. The molecular formula is C14H20ClFN2O2S. The Hall–Kier alpha value is -0.690. The Balaban J connectivity index is 2.32. The molecule has 0 atom stereocenters. The molecular weight excluding hydrogens is 315 g/mol. The molecule has 0 spiro atoms. The Bertz CT molecular complexity index is 616. The molecule has 1 aliphatic rings. The second-order valence-corrected chi connectivity index (χ2v) is 7.97. The summed E-state index contributed by atoms with van der Waals surface area (Å²) in [4.78, 5) is -0.393. The quantitative estimate of drug-likeness (QED) is 0.900. The summed E-state index contributed by atoms with van der Waals surface area (Å²) in [5.74, 6) is -0.457. The molecule has 7 heteroatoms. The van der Waals surface area contributed by atoms with Crippen molar-refractivity contribution in [3.63, 3.8) is 0 Å². The van der Waals surface area contributed by atoms with Crippen molar-refractivity contribution in [1.29, 1.82) is 0 Å². The highest BCUT2D eigenvalue weighted by Crippen LogP contribution is 2.29. The van der Waals surface area contributed by atoms with Crippen LogP contribution in [0.3, 0.4) is 0 Å². The van der Waals surface area contributed by atoms with Crippen LogP contribution in [0.25, 0.3) is 0 Å². The first kappa shape index (κ1) is 16.7. The van der Waals surface area contributed by atoms with Crippen LogP contribution in [0.5, 0.6) is 0 Å². The van der Waals surface area contributed by atoms with Crippen LogP contribution in [-0.4, -0.2) is 26.3 Å². The molecule has 0 bridgehead atoms. The molecule has 4 nitrogen and oxygen atoms in total. The van der Waals surface area contributed by atoms with E-state index in [-0.39, 0.29) is 17.1 Å². The SMILES string of the molecule is CN(CC1CCCC1)S(=O)(=O)c1cc(Cl)cc(CN)c1F. The first-order chi connectivity index (χ1) is 9.86. The summed E-state index contributed by atoms with van der Waals surface area (Å²) in [6.07, 6.45) is 4.29. The van der Waals surface area contributed by atoms with Crippen LogP contribution in [0.2, 0.25) is 5.02 Å². The maximum atomic E-state index is 14.3. The zero-order chi connectivity index (χ0) is 15.6. The lowest BCUT2D eigenvalue weighted by atomic mass is 10.1. The van der Waals surface area contributed by atoms with Gasteiger partial charge in [-0.2, -0.15) is 0 Å².